The Morgan fingerprint density at radius 1 is 1.38 bits per heavy atom. The summed E-state index contributed by atoms with van der Waals surface area (Å²) < 4.78 is 7.40. The van der Waals surface area contributed by atoms with E-state index in [9.17, 15) is 0 Å². The molecule has 0 spiro atoms. The molecule has 1 aliphatic rings. The van der Waals surface area contributed by atoms with E-state index in [4.69, 9.17) is 4.74 Å². The maximum Gasteiger partial charge on any atom is 0.216 e. The second kappa shape index (κ2) is 5.85. The fraction of sp³-hybridized carbons (Fsp3) is 0.500. The number of ether oxygens (including phenoxy) is 1. The Morgan fingerprint density at radius 2 is 2.24 bits per heavy atom. The number of pyridine rings is 1. The fourth-order valence-electron chi connectivity index (χ4n) is 3.32. The van der Waals surface area contributed by atoms with Crippen molar-refractivity contribution in [1.82, 2.24) is 19.7 Å². The molecule has 0 saturated carbocycles. The topological polar surface area (TPSA) is 43.2 Å². The molecular formula is C16H22N4O. The molecule has 3 rings (SSSR count). The largest absolute Gasteiger partial charge is 0.481 e. The second-order valence-electron chi connectivity index (χ2n) is 5.58. The van der Waals surface area contributed by atoms with Crippen LogP contribution in [0.5, 0.6) is 5.88 Å². The van der Waals surface area contributed by atoms with Gasteiger partial charge in [-0.3, -0.25) is 9.88 Å². The highest BCUT2D eigenvalue weighted by atomic mass is 16.5. The van der Waals surface area contributed by atoms with Gasteiger partial charge in [0.05, 0.1) is 24.1 Å². The lowest BCUT2D eigenvalue weighted by Gasteiger charge is -2.24. The molecule has 1 fully saturated rings. The predicted octanol–water partition coefficient (Wildman–Crippen LogP) is 2.47. The normalized spacial score (nSPS) is 19.1. The number of hydrogen-bond acceptors (Lipinski definition) is 4. The quantitative estimate of drug-likeness (QED) is 0.866. The number of rotatable bonds is 4. The number of aromatic nitrogens is 3. The highest BCUT2D eigenvalue weighted by Gasteiger charge is 2.32. The lowest BCUT2D eigenvalue weighted by atomic mass is 10.0. The lowest BCUT2D eigenvalue weighted by molar-refractivity contribution is 0.238. The molecule has 2 aromatic rings. The standard InChI is InChI=1S/C16H22N4O/c1-12-15(16(21-3)19(2)18-12)14-8-6-10-20(14)11-13-7-4-5-9-17-13/h4-5,7,9,14H,6,8,10-11H2,1-3H3/t14-/m1/s1. The Morgan fingerprint density at radius 3 is 2.95 bits per heavy atom. The van der Waals surface area contributed by atoms with E-state index in [2.05, 4.69) is 28.0 Å². The molecular weight excluding hydrogens is 264 g/mol. The molecule has 5 nitrogen and oxygen atoms in total. The lowest BCUT2D eigenvalue weighted by Crippen LogP contribution is -2.24. The molecule has 0 bridgehead atoms. The molecule has 0 radical (unpaired) electrons. The van der Waals surface area contributed by atoms with Gasteiger partial charge in [0.1, 0.15) is 0 Å². The van der Waals surface area contributed by atoms with Crippen LogP contribution in [0.25, 0.3) is 0 Å². The van der Waals surface area contributed by atoms with E-state index >= 15 is 0 Å². The minimum absolute atomic E-state index is 0.371. The van der Waals surface area contributed by atoms with E-state index in [-0.39, 0.29) is 0 Å². The van der Waals surface area contributed by atoms with Crippen LogP contribution in [0.3, 0.4) is 0 Å². The van der Waals surface area contributed by atoms with E-state index in [1.807, 2.05) is 30.1 Å². The summed E-state index contributed by atoms with van der Waals surface area (Å²) in [6, 6.07) is 6.46. The van der Waals surface area contributed by atoms with Gasteiger partial charge >= 0.3 is 0 Å². The Labute approximate surface area is 125 Å². The molecule has 3 heterocycles. The van der Waals surface area contributed by atoms with Gasteiger partial charge in [0.25, 0.3) is 0 Å². The summed E-state index contributed by atoms with van der Waals surface area (Å²) >= 11 is 0. The van der Waals surface area contributed by atoms with Gasteiger partial charge in [-0.25, -0.2) is 4.68 Å². The SMILES string of the molecule is COc1c([C@H]2CCCN2Cc2ccccn2)c(C)nn1C. The first-order chi connectivity index (χ1) is 10.2. The average molecular weight is 286 g/mol. The van der Waals surface area contributed by atoms with Crippen LogP contribution >= 0.6 is 0 Å². The Bertz CT molecular complexity index is 608. The maximum atomic E-state index is 5.57. The molecule has 0 unspecified atom stereocenters. The van der Waals surface area contributed by atoms with Crippen molar-refractivity contribution in [3.05, 3.63) is 41.3 Å². The zero-order valence-electron chi connectivity index (χ0n) is 12.9. The van der Waals surface area contributed by atoms with Crippen molar-refractivity contribution in [1.29, 1.82) is 0 Å². The van der Waals surface area contributed by atoms with Gasteiger partial charge in [-0.2, -0.15) is 5.10 Å². The van der Waals surface area contributed by atoms with E-state index in [0.717, 1.165) is 36.8 Å². The second-order valence-corrected chi connectivity index (χ2v) is 5.58. The van der Waals surface area contributed by atoms with Crippen LogP contribution in [0.1, 0.15) is 35.8 Å². The van der Waals surface area contributed by atoms with Gasteiger partial charge in [0, 0.05) is 25.8 Å². The first-order valence-electron chi connectivity index (χ1n) is 7.42. The minimum Gasteiger partial charge on any atom is -0.481 e. The Kier molecular flexibility index (Phi) is 3.92. The molecule has 5 heteroatoms. The van der Waals surface area contributed by atoms with Gasteiger partial charge in [0.2, 0.25) is 5.88 Å². The molecule has 1 aliphatic heterocycles. The van der Waals surface area contributed by atoms with Gasteiger partial charge in [-0.15, -0.1) is 0 Å². The number of hydrogen-bond donors (Lipinski definition) is 0. The smallest absolute Gasteiger partial charge is 0.216 e. The molecule has 0 amide bonds. The average Bonchev–Trinajstić information content (AvgIpc) is 3.03. The summed E-state index contributed by atoms with van der Waals surface area (Å²) in [7, 11) is 3.66. The number of likely N-dealkylation sites (tertiary alicyclic amines) is 1. The Balaban J connectivity index is 1.87. The van der Waals surface area contributed by atoms with Crippen LogP contribution in [-0.4, -0.2) is 33.3 Å². The van der Waals surface area contributed by atoms with Gasteiger partial charge in [-0.05, 0) is 38.4 Å². The van der Waals surface area contributed by atoms with Crippen LogP contribution < -0.4 is 4.74 Å². The fourth-order valence-corrected chi connectivity index (χ4v) is 3.32. The summed E-state index contributed by atoms with van der Waals surface area (Å²) in [5.41, 5.74) is 3.41. The van der Waals surface area contributed by atoms with E-state index in [1.54, 1.807) is 7.11 Å². The van der Waals surface area contributed by atoms with Crippen molar-refractivity contribution >= 4 is 0 Å². The zero-order valence-corrected chi connectivity index (χ0v) is 12.9. The van der Waals surface area contributed by atoms with E-state index < -0.39 is 0 Å². The van der Waals surface area contributed by atoms with E-state index in [1.165, 1.54) is 12.0 Å². The molecule has 0 aliphatic carbocycles. The molecule has 1 atom stereocenters. The molecule has 21 heavy (non-hydrogen) atoms. The van der Waals surface area contributed by atoms with Crippen molar-refractivity contribution in [2.45, 2.75) is 32.4 Å². The third-order valence-electron chi connectivity index (χ3n) is 4.20. The molecule has 2 aromatic heterocycles. The van der Waals surface area contributed by atoms with Crippen molar-refractivity contribution in [2.75, 3.05) is 13.7 Å². The van der Waals surface area contributed by atoms with Crippen LogP contribution in [0.2, 0.25) is 0 Å². The van der Waals surface area contributed by atoms with Crippen LogP contribution in [0, 0.1) is 6.92 Å². The minimum atomic E-state index is 0.371. The summed E-state index contributed by atoms with van der Waals surface area (Å²) in [4.78, 5) is 6.93. The van der Waals surface area contributed by atoms with Crippen molar-refractivity contribution in [2.24, 2.45) is 7.05 Å². The van der Waals surface area contributed by atoms with Gasteiger partial charge in [0.15, 0.2) is 0 Å². The molecule has 0 N–H and O–H groups in total. The van der Waals surface area contributed by atoms with Crippen LogP contribution in [0.15, 0.2) is 24.4 Å². The Hall–Kier alpha value is -1.88. The van der Waals surface area contributed by atoms with Crippen molar-refractivity contribution in [3.8, 4) is 5.88 Å². The summed E-state index contributed by atoms with van der Waals surface area (Å²) in [6.45, 7) is 4.04. The van der Waals surface area contributed by atoms with Gasteiger partial charge in [-0.1, -0.05) is 6.07 Å². The monoisotopic (exact) mass is 286 g/mol. The molecule has 0 aromatic carbocycles. The summed E-state index contributed by atoms with van der Waals surface area (Å²) in [5.74, 6) is 0.880. The number of methoxy groups -OCH3 is 1. The molecule has 112 valence electrons. The van der Waals surface area contributed by atoms with Crippen molar-refractivity contribution in [3.63, 3.8) is 0 Å². The van der Waals surface area contributed by atoms with Crippen LogP contribution in [0.4, 0.5) is 0 Å². The third kappa shape index (κ3) is 2.65. The number of nitrogens with zero attached hydrogens (tertiary/aromatic N) is 4. The number of aryl methyl sites for hydroxylation is 2. The van der Waals surface area contributed by atoms with Gasteiger partial charge < -0.3 is 4.74 Å². The van der Waals surface area contributed by atoms with Crippen LogP contribution in [-0.2, 0) is 13.6 Å². The highest BCUT2D eigenvalue weighted by Crippen LogP contribution is 2.39. The predicted molar refractivity (Wildman–Crippen MR) is 81.1 cm³/mol. The summed E-state index contributed by atoms with van der Waals surface area (Å²) in [5, 5.41) is 4.52. The van der Waals surface area contributed by atoms with Crippen molar-refractivity contribution < 1.29 is 4.74 Å². The highest BCUT2D eigenvalue weighted by molar-refractivity contribution is 5.35. The molecule has 1 saturated heterocycles. The van der Waals surface area contributed by atoms with E-state index in [0.29, 0.717) is 6.04 Å². The third-order valence-corrected chi connectivity index (χ3v) is 4.20. The summed E-state index contributed by atoms with van der Waals surface area (Å²) in [6.07, 6.45) is 4.21. The zero-order chi connectivity index (χ0) is 14.8. The first-order valence-corrected chi connectivity index (χ1v) is 7.42. The first kappa shape index (κ1) is 14.1. The maximum absolute atomic E-state index is 5.57.